The van der Waals surface area contributed by atoms with Crippen LogP contribution in [0.15, 0.2) is 36.5 Å². The summed E-state index contributed by atoms with van der Waals surface area (Å²) in [6, 6.07) is -0.627. The molecule has 0 spiro atoms. The first-order chi connectivity index (χ1) is 43.5. The van der Waals surface area contributed by atoms with E-state index in [-0.39, 0.29) is 18.5 Å². The lowest BCUT2D eigenvalue weighted by atomic mass is 10.0. The van der Waals surface area contributed by atoms with Gasteiger partial charge in [-0.1, -0.05) is 410 Å². The molecule has 0 bridgehead atoms. The van der Waals surface area contributed by atoms with E-state index in [9.17, 15) is 19.8 Å². The minimum atomic E-state index is -0.844. The SMILES string of the molecule is CCCCC/C=C\C/C=C\CCCCCCCCCC(=O)OCCCCCCCCCCCCCCCCCCCCCCCCCCCCCCCCC(=O)NC(CO)C(O)/C=C/CCCCCCCCCCCCCCCCCCCCCCCC. The van der Waals surface area contributed by atoms with E-state index in [1.807, 2.05) is 6.08 Å². The molecule has 0 aliphatic heterocycles. The highest BCUT2D eigenvalue weighted by Gasteiger charge is 2.18. The summed E-state index contributed by atoms with van der Waals surface area (Å²) in [7, 11) is 0. The lowest BCUT2D eigenvalue weighted by Gasteiger charge is -2.20. The van der Waals surface area contributed by atoms with E-state index in [0.29, 0.717) is 19.4 Å². The number of aliphatic hydroxyl groups excluding tert-OH is 2. The zero-order valence-corrected chi connectivity index (χ0v) is 59.7. The van der Waals surface area contributed by atoms with Crippen LogP contribution in [-0.2, 0) is 14.3 Å². The second kappa shape index (κ2) is 77.5. The molecule has 0 rings (SSSR count). The molecule has 6 nitrogen and oxygen atoms in total. The summed E-state index contributed by atoms with van der Waals surface area (Å²) in [4.78, 5) is 24.7. The van der Waals surface area contributed by atoms with Crippen molar-refractivity contribution in [3.8, 4) is 0 Å². The molecule has 0 aliphatic carbocycles. The van der Waals surface area contributed by atoms with Crippen molar-refractivity contribution < 1.29 is 24.5 Å². The number of carbonyl (C=O) groups is 2. The van der Waals surface area contributed by atoms with Gasteiger partial charge in [0.15, 0.2) is 0 Å². The Labute approximate surface area is 551 Å². The van der Waals surface area contributed by atoms with Crippen LogP contribution in [0, 0.1) is 0 Å². The van der Waals surface area contributed by atoms with Crippen molar-refractivity contribution in [3.05, 3.63) is 36.5 Å². The Hall–Kier alpha value is -1.92. The zero-order valence-electron chi connectivity index (χ0n) is 59.7. The molecule has 0 aromatic carbocycles. The van der Waals surface area contributed by atoms with Gasteiger partial charge in [0.25, 0.3) is 0 Å². The highest BCUT2D eigenvalue weighted by molar-refractivity contribution is 5.76. The second-order valence-electron chi connectivity index (χ2n) is 27.8. The van der Waals surface area contributed by atoms with E-state index >= 15 is 0 Å². The molecule has 6 heteroatoms. The van der Waals surface area contributed by atoms with Crippen molar-refractivity contribution in [2.45, 2.75) is 463 Å². The third-order valence-electron chi connectivity index (χ3n) is 18.9. The van der Waals surface area contributed by atoms with Gasteiger partial charge in [0.05, 0.1) is 25.4 Å². The van der Waals surface area contributed by atoms with Crippen LogP contribution in [0.4, 0.5) is 0 Å². The molecule has 2 unspecified atom stereocenters. The van der Waals surface area contributed by atoms with Gasteiger partial charge >= 0.3 is 5.97 Å². The highest BCUT2D eigenvalue weighted by atomic mass is 16.5. The first-order valence-corrected chi connectivity index (χ1v) is 40.3. The Morgan fingerprint density at radius 2 is 0.568 bits per heavy atom. The smallest absolute Gasteiger partial charge is 0.305 e. The monoisotopic (exact) mass is 1240 g/mol. The fraction of sp³-hybridized carbons (Fsp3) is 0.902. The average Bonchev–Trinajstić information content (AvgIpc) is 3.58. The highest BCUT2D eigenvalue weighted by Crippen LogP contribution is 2.20. The van der Waals surface area contributed by atoms with Crippen LogP contribution in [0.1, 0.15) is 450 Å². The van der Waals surface area contributed by atoms with Gasteiger partial charge < -0.3 is 20.3 Å². The van der Waals surface area contributed by atoms with Crippen LogP contribution >= 0.6 is 0 Å². The minimum absolute atomic E-state index is 0.0128. The van der Waals surface area contributed by atoms with Gasteiger partial charge in [0, 0.05) is 12.8 Å². The summed E-state index contributed by atoms with van der Waals surface area (Å²) in [6.07, 6.45) is 101. The predicted octanol–water partition coefficient (Wildman–Crippen LogP) is 26.6. The summed E-state index contributed by atoms with van der Waals surface area (Å²) >= 11 is 0. The van der Waals surface area contributed by atoms with E-state index in [2.05, 4.69) is 43.5 Å². The molecule has 0 heterocycles. The Bertz CT molecular complexity index is 1430. The number of nitrogens with one attached hydrogen (secondary N) is 1. The molecule has 1 amide bonds. The Morgan fingerprint density at radius 3 is 0.886 bits per heavy atom. The molecule has 0 fully saturated rings. The Kier molecular flexibility index (Phi) is 75.8. The lowest BCUT2D eigenvalue weighted by molar-refractivity contribution is -0.143. The maximum absolute atomic E-state index is 12.6. The fourth-order valence-electron chi connectivity index (χ4n) is 12.8. The molecule has 0 saturated heterocycles. The van der Waals surface area contributed by atoms with E-state index in [1.54, 1.807) is 6.08 Å². The molecule has 2 atom stereocenters. The minimum Gasteiger partial charge on any atom is -0.466 e. The fourth-order valence-corrected chi connectivity index (χ4v) is 12.8. The van der Waals surface area contributed by atoms with Gasteiger partial charge in [0.1, 0.15) is 0 Å². The van der Waals surface area contributed by atoms with Crippen LogP contribution < -0.4 is 5.32 Å². The van der Waals surface area contributed by atoms with E-state index in [0.717, 1.165) is 51.4 Å². The van der Waals surface area contributed by atoms with Gasteiger partial charge in [-0.15, -0.1) is 0 Å². The Morgan fingerprint density at radius 1 is 0.318 bits per heavy atom. The van der Waals surface area contributed by atoms with Crippen molar-refractivity contribution >= 4 is 11.9 Å². The molecule has 0 radical (unpaired) electrons. The Balaban J connectivity index is 3.36. The number of ether oxygens (including phenoxy) is 1. The van der Waals surface area contributed by atoms with Gasteiger partial charge in [-0.25, -0.2) is 0 Å². The number of carbonyl (C=O) groups excluding carboxylic acids is 2. The number of rotatable bonds is 76. The van der Waals surface area contributed by atoms with Crippen molar-refractivity contribution in [3.63, 3.8) is 0 Å². The first-order valence-electron chi connectivity index (χ1n) is 40.3. The van der Waals surface area contributed by atoms with Crippen molar-refractivity contribution in [1.29, 1.82) is 0 Å². The molecule has 0 aromatic heterocycles. The zero-order chi connectivity index (χ0) is 63.5. The number of esters is 1. The number of aliphatic hydroxyl groups is 2. The van der Waals surface area contributed by atoms with Crippen LogP contribution in [0.25, 0.3) is 0 Å². The number of allylic oxidation sites excluding steroid dienone is 5. The van der Waals surface area contributed by atoms with Gasteiger partial charge in [-0.05, 0) is 64.2 Å². The quantitative estimate of drug-likeness (QED) is 0.0320. The predicted molar refractivity (Wildman–Crippen MR) is 389 cm³/mol. The molecular weight excluding hydrogens is 1080 g/mol. The lowest BCUT2D eigenvalue weighted by Crippen LogP contribution is -2.45. The summed E-state index contributed by atoms with van der Waals surface area (Å²) in [6.45, 7) is 4.93. The second-order valence-corrected chi connectivity index (χ2v) is 27.8. The topological polar surface area (TPSA) is 95.9 Å². The molecule has 88 heavy (non-hydrogen) atoms. The summed E-state index contributed by atoms with van der Waals surface area (Å²) in [5, 5.41) is 23.3. The standard InChI is InChI=1S/C82H157NO5/c1-3-5-7-9-11-13-15-17-19-21-22-23-24-33-36-39-43-46-50-54-58-62-66-70-74-80(85)79(78-84)83-81(86)75-71-67-63-59-55-51-47-44-40-37-34-31-29-27-25-26-28-30-32-35-38-41-45-49-53-57-61-65-69-73-77-88-82(87)76-72-68-64-60-56-52-48-42-20-18-16-14-12-10-8-6-4-2/h12,14,18,20,70,74,79-80,84-85H,3-11,13,15-17,19,21-69,71-73,75-78H2,1-2H3,(H,83,86)/b14-12-,20-18-,74-70+. The number of hydrogen-bond acceptors (Lipinski definition) is 5. The first kappa shape index (κ1) is 86.1. The molecule has 0 saturated carbocycles. The normalized spacial score (nSPS) is 12.6. The van der Waals surface area contributed by atoms with Crippen LogP contribution in [0.5, 0.6) is 0 Å². The largest absolute Gasteiger partial charge is 0.466 e. The van der Waals surface area contributed by atoms with Crippen LogP contribution in [0.2, 0.25) is 0 Å². The average molecular weight is 1240 g/mol. The van der Waals surface area contributed by atoms with E-state index in [1.165, 1.54) is 372 Å². The van der Waals surface area contributed by atoms with Crippen molar-refractivity contribution in [2.24, 2.45) is 0 Å². The van der Waals surface area contributed by atoms with Crippen LogP contribution in [0.3, 0.4) is 0 Å². The maximum atomic E-state index is 12.6. The third kappa shape index (κ3) is 73.1. The van der Waals surface area contributed by atoms with Gasteiger partial charge in [-0.3, -0.25) is 9.59 Å². The van der Waals surface area contributed by atoms with Crippen molar-refractivity contribution in [2.75, 3.05) is 13.2 Å². The molecule has 0 aliphatic rings. The number of amides is 1. The summed E-state index contributed by atoms with van der Waals surface area (Å²) < 4.78 is 5.51. The molecular formula is C82H157NO5. The molecule has 0 aromatic rings. The van der Waals surface area contributed by atoms with Gasteiger partial charge in [-0.2, -0.15) is 0 Å². The van der Waals surface area contributed by atoms with E-state index in [4.69, 9.17) is 4.74 Å². The summed E-state index contributed by atoms with van der Waals surface area (Å²) in [5.41, 5.74) is 0. The molecule has 3 N–H and O–H groups in total. The van der Waals surface area contributed by atoms with Crippen molar-refractivity contribution in [1.82, 2.24) is 5.32 Å². The van der Waals surface area contributed by atoms with E-state index < -0.39 is 12.1 Å². The maximum Gasteiger partial charge on any atom is 0.305 e. The third-order valence-corrected chi connectivity index (χ3v) is 18.9. The molecule has 520 valence electrons. The summed E-state index contributed by atoms with van der Waals surface area (Å²) in [5.74, 6) is -0.0462. The van der Waals surface area contributed by atoms with Gasteiger partial charge in [0.2, 0.25) is 5.91 Å². The van der Waals surface area contributed by atoms with Crippen LogP contribution in [-0.4, -0.2) is 47.4 Å². The number of unbranched alkanes of at least 4 members (excludes halogenated alkanes) is 61. The number of hydrogen-bond donors (Lipinski definition) is 3.